The van der Waals surface area contributed by atoms with Crippen LogP contribution in [0.25, 0.3) is 0 Å². The SMILES string of the molecule is CCS(=O)(=O)c1ccc(Cl)cc1CNC(=O)c1cc(Cl)c(CN2CCCC(NC(=O)C(C)(C)N)C2)c(C(F)(F)F)c1. The summed E-state index contributed by atoms with van der Waals surface area (Å²) in [7, 11) is -3.64. The minimum absolute atomic E-state index is 0.0277. The highest BCUT2D eigenvalue weighted by Gasteiger charge is 2.36. The van der Waals surface area contributed by atoms with Crippen molar-refractivity contribution in [2.24, 2.45) is 5.73 Å². The molecule has 0 aliphatic carbocycles. The van der Waals surface area contributed by atoms with Crippen molar-refractivity contribution in [2.75, 3.05) is 18.8 Å². The third-order valence-corrected chi connectivity index (χ3v) is 9.15. The number of amides is 2. The third kappa shape index (κ3) is 8.57. The van der Waals surface area contributed by atoms with Crippen molar-refractivity contribution in [3.63, 3.8) is 0 Å². The maximum Gasteiger partial charge on any atom is 0.416 e. The predicted molar refractivity (Wildman–Crippen MR) is 152 cm³/mol. The zero-order valence-corrected chi connectivity index (χ0v) is 25.2. The van der Waals surface area contributed by atoms with Crippen molar-refractivity contribution in [1.29, 1.82) is 0 Å². The molecule has 0 bridgehead atoms. The molecule has 1 atom stereocenters. The van der Waals surface area contributed by atoms with Crippen LogP contribution in [0.15, 0.2) is 35.2 Å². The van der Waals surface area contributed by atoms with E-state index >= 15 is 0 Å². The number of nitrogens with two attached hydrogens (primary N) is 1. The van der Waals surface area contributed by atoms with Crippen LogP contribution in [0.4, 0.5) is 13.2 Å². The van der Waals surface area contributed by atoms with Gasteiger partial charge in [-0.25, -0.2) is 8.42 Å². The summed E-state index contributed by atoms with van der Waals surface area (Å²) < 4.78 is 67.4. The highest BCUT2D eigenvalue weighted by Crippen LogP contribution is 2.37. The number of hydrogen-bond acceptors (Lipinski definition) is 6. The largest absolute Gasteiger partial charge is 0.416 e. The molecule has 4 N–H and O–H groups in total. The summed E-state index contributed by atoms with van der Waals surface area (Å²) in [5, 5.41) is 5.32. The van der Waals surface area contributed by atoms with E-state index in [1.165, 1.54) is 25.1 Å². The number of carbonyl (C=O) groups excluding carboxylic acids is 2. The highest BCUT2D eigenvalue weighted by molar-refractivity contribution is 7.91. The molecule has 1 aliphatic heterocycles. The van der Waals surface area contributed by atoms with Crippen LogP contribution in [0.3, 0.4) is 0 Å². The number of sulfone groups is 1. The van der Waals surface area contributed by atoms with Crippen LogP contribution >= 0.6 is 23.2 Å². The summed E-state index contributed by atoms with van der Waals surface area (Å²) in [5.41, 5.74) is 3.38. The standard InChI is InChI=1S/C27H33Cl2F3N4O4S/c1-4-41(39,40)23-8-7-18(28)10-17(23)13-34-24(37)16-11-21(27(30,31)32)20(22(29)12-16)15-36-9-5-6-19(14-36)35-25(38)26(2,3)33/h7-8,10-12,19H,4-6,9,13-15,33H2,1-3H3,(H,34,37)(H,35,38). The lowest BCUT2D eigenvalue weighted by Crippen LogP contribution is -2.55. The van der Waals surface area contributed by atoms with E-state index < -0.39 is 33.0 Å². The zero-order chi connectivity index (χ0) is 30.8. The van der Waals surface area contributed by atoms with Crippen molar-refractivity contribution in [1.82, 2.24) is 15.5 Å². The molecule has 1 aliphatic rings. The molecular weight excluding hydrogens is 604 g/mol. The molecule has 2 amide bonds. The Bertz CT molecular complexity index is 1410. The Morgan fingerprint density at radius 3 is 2.44 bits per heavy atom. The average molecular weight is 638 g/mol. The molecule has 14 heteroatoms. The van der Waals surface area contributed by atoms with Gasteiger partial charge >= 0.3 is 6.18 Å². The first-order chi connectivity index (χ1) is 18.9. The smallest absolute Gasteiger partial charge is 0.351 e. The average Bonchev–Trinajstić information content (AvgIpc) is 2.87. The van der Waals surface area contributed by atoms with Crippen molar-refractivity contribution >= 4 is 44.9 Å². The van der Waals surface area contributed by atoms with E-state index in [0.29, 0.717) is 25.9 Å². The molecule has 1 heterocycles. The number of halogens is 5. The van der Waals surface area contributed by atoms with Crippen LogP contribution < -0.4 is 16.4 Å². The van der Waals surface area contributed by atoms with Gasteiger partial charge in [-0.1, -0.05) is 30.1 Å². The summed E-state index contributed by atoms with van der Waals surface area (Å²) in [5.74, 6) is -1.41. The number of nitrogens with zero attached hydrogens (tertiary/aromatic N) is 1. The fourth-order valence-corrected chi connectivity index (χ4v) is 6.11. The number of nitrogens with one attached hydrogen (secondary N) is 2. The lowest BCUT2D eigenvalue weighted by Gasteiger charge is -2.35. The number of benzene rings is 2. The van der Waals surface area contributed by atoms with Crippen molar-refractivity contribution in [2.45, 2.75) is 69.4 Å². The Labute approximate surface area is 247 Å². The lowest BCUT2D eigenvalue weighted by molar-refractivity contribution is -0.138. The van der Waals surface area contributed by atoms with Crippen molar-refractivity contribution in [3.8, 4) is 0 Å². The van der Waals surface area contributed by atoms with Gasteiger partial charge in [-0.05, 0) is 74.7 Å². The van der Waals surface area contributed by atoms with Crippen LogP contribution in [-0.4, -0.2) is 55.6 Å². The van der Waals surface area contributed by atoms with E-state index in [1.807, 2.05) is 0 Å². The molecule has 2 aromatic rings. The number of alkyl halides is 3. The van der Waals surface area contributed by atoms with Crippen LogP contribution in [0.5, 0.6) is 0 Å². The van der Waals surface area contributed by atoms with Crippen molar-refractivity contribution in [3.05, 3.63) is 62.6 Å². The molecule has 3 rings (SSSR count). The molecule has 0 spiro atoms. The topological polar surface area (TPSA) is 122 Å². The predicted octanol–water partition coefficient (Wildman–Crippen LogP) is 4.55. The Kier molecular flexibility index (Phi) is 10.4. The Balaban J connectivity index is 1.82. The molecule has 1 saturated heterocycles. The van der Waals surface area contributed by atoms with Gasteiger partial charge in [0.25, 0.3) is 5.91 Å². The molecule has 1 fully saturated rings. The number of likely N-dealkylation sites (tertiary alicyclic amines) is 1. The summed E-state index contributed by atoms with van der Waals surface area (Å²) in [4.78, 5) is 26.9. The molecule has 1 unspecified atom stereocenters. The number of carbonyl (C=O) groups is 2. The van der Waals surface area contributed by atoms with Gasteiger partial charge in [-0.2, -0.15) is 13.2 Å². The number of rotatable bonds is 9. The van der Waals surface area contributed by atoms with E-state index in [2.05, 4.69) is 10.6 Å². The van der Waals surface area contributed by atoms with Gasteiger partial charge in [0.2, 0.25) is 5.91 Å². The van der Waals surface area contributed by atoms with Gasteiger partial charge < -0.3 is 16.4 Å². The zero-order valence-electron chi connectivity index (χ0n) is 22.9. The van der Waals surface area contributed by atoms with Crippen molar-refractivity contribution < 1.29 is 31.2 Å². The fourth-order valence-electron chi connectivity index (χ4n) is 4.52. The Morgan fingerprint density at radius 2 is 1.83 bits per heavy atom. The quantitative estimate of drug-likeness (QED) is 0.371. The monoisotopic (exact) mass is 636 g/mol. The maximum atomic E-state index is 14.2. The van der Waals surface area contributed by atoms with E-state index in [0.717, 1.165) is 12.1 Å². The van der Waals surface area contributed by atoms with Crippen LogP contribution in [0.1, 0.15) is 60.7 Å². The molecule has 2 aromatic carbocycles. The molecule has 41 heavy (non-hydrogen) atoms. The second-order valence-corrected chi connectivity index (χ2v) is 13.7. The van der Waals surface area contributed by atoms with Crippen LogP contribution in [-0.2, 0) is 33.9 Å². The molecule has 226 valence electrons. The van der Waals surface area contributed by atoms with E-state index in [4.69, 9.17) is 28.9 Å². The normalized spacial score (nSPS) is 16.9. The maximum absolute atomic E-state index is 14.2. The van der Waals surface area contributed by atoms with Gasteiger partial charge in [-0.3, -0.25) is 14.5 Å². The number of piperidine rings is 1. The van der Waals surface area contributed by atoms with Gasteiger partial charge in [0.1, 0.15) is 0 Å². The highest BCUT2D eigenvalue weighted by atomic mass is 35.5. The van der Waals surface area contributed by atoms with E-state index in [9.17, 15) is 31.2 Å². The van der Waals surface area contributed by atoms with E-state index in [1.54, 1.807) is 18.7 Å². The fraction of sp³-hybridized carbons (Fsp3) is 0.481. The first-order valence-electron chi connectivity index (χ1n) is 12.9. The molecular formula is C27H33Cl2F3N4O4S. The van der Waals surface area contributed by atoms with Gasteiger partial charge in [0.15, 0.2) is 9.84 Å². The summed E-state index contributed by atoms with van der Waals surface area (Å²) in [6, 6.07) is 5.71. The van der Waals surface area contributed by atoms with Crippen LogP contribution in [0, 0.1) is 0 Å². The second kappa shape index (κ2) is 12.9. The molecule has 0 radical (unpaired) electrons. The lowest BCUT2D eigenvalue weighted by atomic mass is 9.99. The summed E-state index contributed by atoms with van der Waals surface area (Å²) in [6.07, 6.45) is -3.50. The minimum Gasteiger partial charge on any atom is -0.351 e. The molecule has 8 nitrogen and oxygen atoms in total. The van der Waals surface area contributed by atoms with Gasteiger partial charge in [0.05, 0.1) is 21.8 Å². The first-order valence-corrected chi connectivity index (χ1v) is 15.3. The second-order valence-electron chi connectivity index (χ2n) is 10.6. The first kappa shape index (κ1) is 33.1. The summed E-state index contributed by atoms with van der Waals surface area (Å²) >= 11 is 12.3. The van der Waals surface area contributed by atoms with Gasteiger partial charge in [-0.15, -0.1) is 0 Å². The minimum atomic E-state index is -4.81. The molecule has 0 saturated carbocycles. The molecule has 0 aromatic heterocycles. The van der Waals surface area contributed by atoms with E-state index in [-0.39, 0.29) is 62.4 Å². The number of hydrogen-bond donors (Lipinski definition) is 3. The third-order valence-electron chi connectivity index (χ3n) is 6.75. The van der Waals surface area contributed by atoms with Crippen LogP contribution in [0.2, 0.25) is 10.0 Å². The van der Waals surface area contributed by atoms with Gasteiger partial charge in [0, 0.05) is 41.3 Å². The summed E-state index contributed by atoms with van der Waals surface area (Å²) in [6.45, 7) is 4.98. The Hall–Kier alpha value is -2.38. The Morgan fingerprint density at radius 1 is 1.15 bits per heavy atom.